The van der Waals surface area contributed by atoms with Crippen LogP contribution in [0.5, 0.6) is 5.75 Å². The number of anilines is 2. The number of carbonyl (C=O) groups is 2. The third-order valence-corrected chi connectivity index (χ3v) is 5.65. The van der Waals surface area contributed by atoms with Crippen LogP contribution in [-0.4, -0.2) is 56.7 Å². The van der Waals surface area contributed by atoms with Crippen LogP contribution in [-0.2, 0) is 20.7 Å². The van der Waals surface area contributed by atoms with Crippen molar-refractivity contribution in [3.05, 3.63) is 54.3 Å². The average molecular weight is 452 g/mol. The van der Waals surface area contributed by atoms with Crippen molar-refractivity contribution in [2.75, 3.05) is 50.6 Å². The highest BCUT2D eigenvalue weighted by Crippen LogP contribution is 2.27. The van der Waals surface area contributed by atoms with Gasteiger partial charge in [-0.05, 0) is 42.2 Å². The van der Waals surface area contributed by atoms with Gasteiger partial charge in [-0.2, -0.15) is 0 Å². The molecule has 1 saturated heterocycles. The molecule has 1 aliphatic heterocycles. The van der Waals surface area contributed by atoms with E-state index in [0.29, 0.717) is 36.9 Å². The Labute approximate surface area is 192 Å². The monoisotopic (exact) mass is 451 g/mol. The van der Waals surface area contributed by atoms with Crippen molar-refractivity contribution in [3.63, 3.8) is 0 Å². The highest BCUT2D eigenvalue weighted by molar-refractivity contribution is 5.99. The van der Waals surface area contributed by atoms with Crippen LogP contribution in [0.4, 0.5) is 11.4 Å². The van der Waals surface area contributed by atoms with Crippen molar-refractivity contribution in [2.45, 2.75) is 13.3 Å². The molecule has 1 aromatic heterocycles. The van der Waals surface area contributed by atoms with Crippen LogP contribution in [0.3, 0.4) is 0 Å². The first kappa shape index (κ1) is 22.8. The topological polar surface area (TPSA) is 93.0 Å². The Morgan fingerprint density at radius 3 is 2.82 bits per heavy atom. The molecule has 1 atom stereocenters. The molecule has 174 valence electrons. The van der Waals surface area contributed by atoms with Gasteiger partial charge in [-0.1, -0.05) is 12.1 Å². The number of rotatable bonds is 7. The van der Waals surface area contributed by atoms with Gasteiger partial charge in [-0.15, -0.1) is 0 Å². The van der Waals surface area contributed by atoms with E-state index in [1.807, 2.05) is 6.07 Å². The van der Waals surface area contributed by atoms with E-state index in [2.05, 4.69) is 33.7 Å². The van der Waals surface area contributed by atoms with Gasteiger partial charge in [0.15, 0.2) is 0 Å². The van der Waals surface area contributed by atoms with Crippen molar-refractivity contribution in [1.29, 1.82) is 0 Å². The summed E-state index contributed by atoms with van der Waals surface area (Å²) in [5.74, 6) is 0.485. The number of fused-ring (bicyclic) bond motifs is 1. The van der Waals surface area contributed by atoms with Crippen LogP contribution in [0.2, 0.25) is 0 Å². The van der Waals surface area contributed by atoms with Gasteiger partial charge in [0, 0.05) is 31.5 Å². The Bertz CT molecular complexity index is 1130. The lowest BCUT2D eigenvalue weighted by atomic mass is 9.99. The Hall–Kier alpha value is -3.36. The van der Waals surface area contributed by atoms with Crippen molar-refractivity contribution in [1.82, 2.24) is 4.90 Å². The molecular weight excluding hydrogens is 422 g/mol. The number of hydrogen-bond acceptors (Lipinski definition) is 6. The van der Waals surface area contributed by atoms with Crippen LogP contribution < -0.4 is 15.4 Å². The molecule has 4 rings (SSSR count). The zero-order chi connectivity index (χ0) is 23.2. The van der Waals surface area contributed by atoms with Crippen LogP contribution in [0.25, 0.3) is 11.0 Å². The number of methoxy groups -OCH3 is 1. The maximum Gasteiger partial charge on any atom is 0.238 e. The maximum atomic E-state index is 12.9. The fourth-order valence-electron chi connectivity index (χ4n) is 4.12. The fourth-order valence-corrected chi connectivity index (χ4v) is 4.12. The number of benzene rings is 2. The van der Waals surface area contributed by atoms with E-state index < -0.39 is 0 Å². The largest absolute Gasteiger partial charge is 0.497 e. The number of amides is 2. The third kappa shape index (κ3) is 6.12. The molecule has 1 fully saturated rings. The highest BCUT2D eigenvalue weighted by Gasteiger charge is 2.22. The summed E-state index contributed by atoms with van der Waals surface area (Å²) in [7, 11) is 1.56. The first-order valence-electron chi connectivity index (χ1n) is 11.0. The second-order valence-electron chi connectivity index (χ2n) is 8.31. The Morgan fingerprint density at radius 1 is 1.12 bits per heavy atom. The number of furan rings is 1. The van der Waals surface area contributed by atoms with Gasteiger partial charge in [0.25, 0.3) is 0 Å². The minimum absolute atomic E-state index is 0.160. The summed E-state index contributed by atoms with van der Waals surface area (Å²) in [6.07, 6.45) is 2.54. The minimum atomic E-state index is -0.212. The fraction of sp³-hybridized carbons (Fsp3) is 0.360. The number of nitrogens with zero attached hydrogens (tertiary/aromatic N) is 1. The van der Waals surface area contributed by atoms with Gasteiger partial charge in [0.2, 0.25) is 11.8 Å². The Morgan fingerprint density at radius 2 is 2.00 bits per heavy atom. The van der Waals surface area contributed by atoms with Crippen LogP contribution in [0.15, 0.2) is 53.1 Å². The second kappa shape index (κ2) is 10.5. The molecule has 2 aromatic carbocycles. The SMILES string of the molecule is COc1ccc(NC(C)=O)c(NC(=O)CN2CCOC[C@H](Cc3ccc4ccoc4c3)C2)c1. The predicted molar refractivity (Wildman–Crippen MR) is 127 cm³/mol. The van der Waals surface area contributed by atoms with E-state index >= 15 is 0 Å². The lowest BCUT2D eigenvalue weighted by molar-refractivity contribution is -0.117. The van der Waals surface area contributed by atoms with E-state index in [-0.39, 0.29) is 24.3 Å². The molecule has 2 N–H and O–H groups in total. The molecule has 1 aliphatic rings. The normalized spacial score (nSPS) is 16.8. The average Bonchev–Trinajstić information content (AvgIpc) is 3.14. The zero-order valence-corrected chi connectivity index (χ0v) is 18.9. The van der Waals surface area contributed by atoms with E-state index in [4.69, 9.17) is 13.9 Å². The van der Waals surface area contributed by atoms with Gasteiger partial charge >= 0.3 is 0 Å². The van der Waals surface area contributed by atoms with Crippen LogP contribution >= 0.6 is 0 Å². The summed E-state index contributed by atoms with van der Waals surface area (Å²) in [6, 6.07) is 13.4. The summed E-state index contributed by atoms with van der Waals surface area (Å²) in [4.78, 5) is 26.5. The molecule has 0 spiro atoms. The van der Waals surface area contributed by atoms with E-state index in [1.54, 1.807) is 31.6 Å². The summed E-state index contributed by atoms with van der Waals surface area (Å²) in [6.45, 7) is 4.32. The summed E-state index contributed by atoms with van der Waals surface area (Å²) < 4.78 is 16.6. The smallest absolute Gasteiger partial charge is 0.238 e. The Kier molecular flexibility index (Phi) is 7.26. The molecule has 2 amide bonds. The third-order valence-electron chi connectivity index (χ3n) is 5.65. The molecule has 8 nitrogen and oxygen atoms in total. The van der Waals surface area contributed by atoms with Crippen molar-refractivity contribution < 1.29 is 23.5 Å². The molecule has 33 heavy (non-hydrogen) atoms. The molecule has 3 aromatic rings. The molecular formula is C25H29N3O5. The predicted octanol–water partition coefficient (Wildman–Crippen LogP) is 3.53. The highest BCUT2D eigenvalue weighted by atomic mass is 16.5. The zero-order valence-electron chi connectivity index (χ0n) is 18.9. The van der Waals surface area contributed by atoms with Gasteiger partial charge in [-0.3, -0.25) is 14.5 Å². The molecule has 8 heteroatoms. The summed E-state index contributed by atoms with van der Waals surface area (Å²) >= 11 is 0. The summed E-state index contributed by atoms with van der Waals surface area (Å²) in [5, 5.41) is 6.74. The number of carbonyl (C=O) groups excluding carboxylic acids is 2. The molecule has 0 radical (unpaired) electrons. The quantitative estimate of drug-likeness (QED) is 0.571. The van der Waals surface area contributed by atoms with E-state index in [9.17, 15) is 9.59 Å². The number of ether oxygens (including phenoxy) is 2. The first-order valence-corrected chi connectivity index (χ1v) is 11.0. The molecule has 0 unspecified atom stereocenters. The standard InChI is InChI=1S/C25H29N3O5/c1-17(29)26-22-6-5-21(31-2)13-23(22)27-25(30)15-28-8-10-32-16-19(14-28)11-18-3-4-20-7-9-33-24(20)12-18/h3-7,9,12-13,19H,8,10-11,14-16H2,1-2H3,(H,26,29)(H,27,30)/t19-/m1/s1. The van der Waals surface area contributed by atoms with Gasteiger partial charge in [-0.25, -0.2) is 0 Å². The number of nitrogens with one attached hydrogen (secondary N) is 2. The van der Waals surface area contributed by atoms with Crippen molar-refractivity contribution in [3.8, 4) is 5.75 Å². The summed E-state index contributed by atoms with van der Waals surface area (Å²) in [5.41, 5.74) is 3.10. The van der Waals surface area contributed by atoms with Crippen LogP contribution in [0, 0.1) is 5.92 Å². The number of hydrogen-bond donors (Lipinski definition) is 2. The second-order valence-corrected chi connectivity index (χ2v) is 8.31. The van der Waals surface area contributed by atoms with Crippen LogP contribution in [0.1, 0.15) is 12.5 Å². The van der Waals surface area contributed by atoms with E-state index in [0.717, 1.165) is 23.9 Å². The first-order chi connectivity index (χ1) is 16.0. The van der Waals surface area contributed by atoms with Gasteiger partial charge in [0.05, 0.1) is 44.5 Å². The van der Waals surface area contributed by atoms with Gasteiger partial charge in [0.1, 0.15) is 11.3 Å². The van der Waals surface area contributed by atoms with E-state index in [1.165, 1.54) is 12.5 Å². The molecule has 2 heterocycles. The lowest BCUT2D eigenvalue weighted by Crippen LogP contribution is -2.37. The van der Waals surface area contributed by atoms with Crippen molar-refractivity contribution in [2.24, 2.45) is 5.92 Å². The molecule has 0 aliphatic carbocycles. The maximum absolute atomic E-state index is 12.9. The minimum Gasteiger partial charge on any atom is -0.497 e. The molecule has 0 saturated carbocycles. The van der Waals surface area contributed by atoms with Crippen molar-refractivity contribution >= 4 is 34.2 Å². The van der Waals surface area contributed by atoms with Gasteiger partial charge < -0.3 is 24.5 Å². The Balaban J connectivity index is 1.39. The molecule has 0 bridgehead atoms. The lowest BCUT2D eigenvalue weighted by Gasteiger charge is -2.23.